The molecule has 3 rings (SSSR count). The Kier molecular flexibility index (Phi) is 4.22. The number of hydrogen-bond donors (Lipinski definition) is 1. The number of nitrogens with zero attached hydrogens (tertiary/aromatic N) is 2. The van der Waals surface area contributed by atoms with E-state index in [1.54, 1.807) is 20.2 Å². The summed E-state index contributed by atoms with van der Waals surface area (Å²) in [4.78, 5) is 12.2. The molecular formula is C18H23N3O3. The SMILES string of the molecule is CCOC(=O)c1cnn2c1NC(c1ccc(OC)cc1)CC2(C)C. The number of carbonyl (C=O) groups is 1. The highest BCUT2D eigenvalue weighted by atomic mass is 16.5. The van der Waals surface area contributed by atoms with Crippen LogP contribution in [0.25, 0.3) is 0 Å². The van der Waals surface area contributed by atoms with Gasteiger partial charge in [-0.25, -0.2) is 9.48 Å². The molecule has 1 aromatic carbocycles. The standard InChI is InChI=1S/C18H23N3O3/c1-5-24-17(22)14-11-19-21-16(14)20-15(10-18(21,2)3)12-6-8-13(23-4)9-7-12/h6-9,11,15,20H,5,10H2,1-4H3. The number of ether oxygens (including phenoxy) is 2. The highest BCUT2D eigenvalue weighted by molar-refractivity contribution is 5.94. The molecule has 2 heterocycles. The summed E-state index contributed by atoms with van der Waals surface area (Å²) in [5.41, 5.74) is 1.41. The molecule has 0 radical (unpaired) electrons. The van der Waals surface area contributed by atoms with Crippen LogP contribution >= 0.6 is 0 Å². The van der Waals surface area contributed by atoms with E-state index in [4.69, 9.17) is 9.47 Å². The Morgan fingerprint density at radius 2 is 2.08 bits per heavy atom. The molecule has 0 saturated heterocycles. The summed E-state index contributed by atoms with van der Waals surface area (Å²) in [6.45, 7) is 6.38. The van der Waals surface area contributed by atoms with Crippen molar-refractivity contribution in [2.45, 2.75) is 38.8 Å². The van der Waals surface area contributed by atoms with Gasteiger partial charge in [-0.3, -0.25) is 0 Å². The Labute approximate surface area is 141 Å². The Balaban J connectivity index is 1.95. The maximum Gasteiger partial charge on any atom is 0.343 e. The average molecular weight is 329 g/mol. The number of nitrogens with one attached hydrogen (secondary N) is 1. The Hall–Kier alpha value is -2.50. The van der Waals surface area contributed by atoms with E-state index in [2.05, 4.69) is 24.3 Å². The lowest BCUT2D eigenvalue weighted by Gasteiger charge is -2.38. The summed E-state index contributed by atoms with van der Waals surface area (Å²) in [5.74, 6) is 1.19. The third-order valence-electron chi connectivity index (χ3n) is 4.37. The van der Waals surface area contributed by atoms with Crippen LogP contribution in [-0.2, 0) is 10.3 Å². The van der Waals surface area contributed by atoms with Gasteiger partial charge < -0.3 is 14.8 Å². The zero-order valence-corrected chi connectivity index (χ0v) is 14.5. The largest absolute Gasteiger partial charge is 0.497 e. The quantitative estimate of drug-likeness (QED) is 0.871. The zero-order chi connectivity index (χ0) is 17.3. The summed E-state index contributed by atoms with van der Waals surface area (Å²) >= 11 is 0. The first kappa shape index (κ1) is 16.4. The van der Waals surface area contributed by atoms with Crippen molar-refractivity contribution in [1.82, 2.24) is 9.78 Å². The van der Waals surface area contributed by atoms with Gasteiger partial charge in [0.2, 0.25) is 0 Å². The lowest BCUT2D eigenvalue weighted by Crippen LogP contribution is -2.38. The lowest BCUT2D eigenvalue weighted by atomic mass is 9.89. The second kappa shape index (κ2) is 6.19. The fourth-order valence-electron chi connectivity index (χ4n) is 3.14. The maximum absolute atomic E-state index is 12.2. The smallest absolute Gasteiger partial charge is 0.343 e. The topological polar surface area (TPSA) is 65.4 Å². The van der Waals surface area contributed by atoms with E-state index in [1.165, 1.54) is 0 Å². The summed E-state index contributed by atoms with van der Waals surface area (Å²) in [5, 5.41) is 7.85. The van der Waals surface area contributed by atoms with Gasteiger partial charge in [0.25, 0.3) is 0 Å². The van der Waals surface area contributed by atoms with Crippen molar-refractivity contribution in [3.63, 3.8) is 0 Å². The van der Waals surface area contributed by atoms with Gasteiger partial charge in [-0.2, -0.15) is 5.10 Å². The molecule has 0 fully saturated rings. The molecule has 6 heteroatoms. The predicted octanol–water partition coefficient (Wildman–Crippen LogP) is 3.36. The number of fused-ring (bicyclic) bond motifs is 1. The molecule has 1 N–H and O–H groups in total. The van der Waals surface area contributed by atoms with Crippen molar-refractivity contribution in [1.29, 1.82) is 0 Å². The van der Waals surface area contributed by atoms with Gasteiger partial charge in [0, 0.05) is 0 Å². The van der Waals surface area contributed by atoms with Crippen molar-refractivity contribution in [3.8, 4) is 5.75 Å². The number of hydrogen-bond acceptors (Lipinski definition) is 5. The maximum atomic E-state index is 12.2. The normalized spacial score (nSPS) is 18.4. The highest BCUT2D eigenvalue weighted by Gasteiger charge is 2.36. The molecule has 1 aromatic heterocycles. The lowest BCUT2D eigenvalue weighted by molar-refractivity contribution is 0.0527. The number of esters is 1. The van der Waals surface area contributed by atoms with Gasteiger partial charge >= 0.3 is 5.97 Å². The van der Waals surface area contributed by atoms with Crippen LogP contribution in [-0.4, -0.2) is 29.5 Å². The highest BCUT2D eigenvalue weighted by Crippen LogP contribution is 2.40. The first-order valence-electron chi connectivity index (χ1n) is 8.12. The minimum Gasteiger partial charge on any atom is -0.497 e. The van der Waals surface area contributed by atoms with Gasteiger partial charge in [-0.05, 0) is 44.9 Å². The molecule has 0 amide bonds. The number of anilines is 1. The summed E-state index contributed by atoms with van der Waals surface area (Å²) < 4.78 is 12.2. The molecular weight excluding hydrogens is 306 g/mol. The van der Waals surface area contributed by atoms with Crippen molar-refractivity contribution < 1.29 is 14.3 Å². The zero-order valence-electron chi connectivity index (χ0n) is 14.5. The fourth-order valence-corrected chi connectivity index (χ4v) is 3.14. The van der Waals surface area contributed by atoms with Crippen molar-refractivity contribution in [3.05, 3.63) is 41.6 Å². The van der Waals surface area contributed by atoms with Crippen LogP contribution in [0.2, 0.25) is 0 Å². The minimum atomic E-state index is -0.350. The molecule has 6 nitrogen and oxygen atoms in total. The van der Waals surface area contributed by atoms with E-state index in [1.807, 2.05) is 28.9 Å². The minimum absolute atomic E-state index is 0.0864. The number of methoxy groups -OCH3 is 1. The first-order chi connectivity index (χ1) is 11.5. The second-order valence-corrected chi connectivity index (χ2v) is 6.53. The Bertz CT molecular complexity index is 734. The molecule has 24 heavy (non-hydrogen) atoms. The Morgan fingerprint density at radius 1 is 1.38 bits per heavy atom. The number of rotatable bonds is 4. The van der Waals surface area contributed by atoms with E-state index in [9.17, 15) is 4.79 Å². The number of benzene rings is 1. The van der Waals surface area contributed by atoms with Gasteiger partial charge in [0.05, 0.1) is 31.5 Å². The third kappa shape index (κ3) is 2.84. The van der Waals surface area contributed by atoms with E-state index in [0.29, 0.717) is 18.0 Å². The van der Waals surface area contributed by atoms with E-state index in [-0.39, 0.29) is 17.6 Å². The molecule has 1 unspecified atom stereocenters. The molecule has 128 valence electrons. The average Bonchev–Trinajstić information content (AvgIpc) is 3.00. The molecule has 0 saturated carbocycles. The number of carbonyl (C=O) groups excluding carboxylic acids is 1. The monoisotopic (exact) mass is 329 g/mol. The molecule has 0 aliphatic carbocycles. The van der Waals surface area contributed by atoms with E-state index in [0.717, 1.165) is 17.7 Å². The molecule has 1 aliphatic heterocycles. The molecule has 1 aliphatic rings. The Morgan fingerprint density at radius 3 is 2.71 bits per heavy atom. The van der Waals surface area contributed by atoms with Crippen molar-refractivity contribution >= 4 is 11.8 Å². The van der Waals surface area contributed by atoms with Gasteiger partial charge in [-0.15, -0.1) is 0 Å². The molecule has 0 bridgehead atoms. The van der Waals surface area contributed by atoms with Crippen molar-refractivity contribution in [2.24, 2.45) is 0 Å². The van der Waals surface area contributed by atoms with Crippen molar-refractivity contribution in [2.75, 3.05) is 19.0 Å². The van der Waals surface area contributed by atoms with Crippen LogP contribution < -0.4 is 10.1 Å². The summed E-state index contributed by atoms with van der Waals surface area (Å²) in [6, 6.07) is 8.07. The first-order valence-corrected chi connectivity index (χ1v) is 8.12. The third-order valence-corrected chi connectivity index (χ3v) is 4.37. The van der Waals surface area contributed by atoms with Crippen LogP contribution in [0.4, 0.5) is 5.82 Å². The molecule has 1 atom stereocenters. The molecule has 2 aromatic rings. The second-order valence-electron chi connectivity index (χ2n) is 6.53. The molecule has 0 spiro atoms. The van der Waals surface area contributed by atoms with Crippen LogP contribution in [0.15, 0.2) is 30.5 Å². The van der Waals surface area contributed by atoms with Gasteiger partial charge in [0.1, 0.15) is 17.1 Å². The number of aromatic nitrogens is 2. The van der Waals surface area contributed by atoms with Crippen LogP contribution in [0.3, 0.4) is 0 Å². The van der Waals surface area contributed by atoms with Gasteiger partial charge in [0.15, 0.2) is 0 Å². The van der Waals surface area contributed by atoms with E-state index < -0.39 is 0 Å². The predicted molar refractivity (Wildman–Crippen MR) is 91.5 cm³/mol. The van der Waals surface area contributed by atoms with Gasteiger partial charge in [-0.1, -0.05) is 12.1 Å². The van der Waals surface area contributed by atoms with Crippen LogP contribution in [0.1, 0.15) is 49.2 Å². The summed E-state index contributed by atoms with van der Waals surface area (Å²) in [7, 11) is 1.65. The van der Waals surface area contributed by atoms with Crippen LogP contribution in [0.5, 0.6) is 5.75 Å². The van der Waals surface area contributed by atoms with Crippen LogP contribution in [0, 0.1) is 0 Å². The summed E-state index contributed by atoms with van der Waals surface area (Å²) in [6.07, 6.45) is 2.44. The fraction of sp³-hybridized carbons (Fsp3) is 0.444. The van der Waals surface area contributed by atoms with E-state index >= 15 is 0 Å².